The number of ether oxygens (including phenoxy) is 1. The maximum absolute atomic E-state index is 11.8. The number of hydrogen-bond donors (Lipinski definition) is 0. The quantitative estimate of drug-likeness (QED) is 0.791. The van der Waals surface area contributed by atoms with Crippen LogP contribution in [0.25, 0.3) is 0 Å². The van der Waals surface area contributed by atoms with Gasteiger partial charge in [-0.1, -0.05) is 29.8 Å². The van der Waals surface area contributed by atoms with Crippen molar-refractivity contribution in [2.75, 3.05) is 13.2 Å². The highest BCUT2D eigenvalue weighted by atomic mass is 35.5. The molecule has 1 aromatic carbocycles. The van der Waals surface area contributed by atoms with Crippen LogP contribution in [0.2, 0.25) is 5.02 Å². The molecule has 1 heterocycles. The van der Waals surface area contributed by atoms with Crippen molar-refractivity contribution in [1.29, 1.82) is 0 Å². The van der Waals surface area contributed by atoms with Gasteiger partial charge in [-0.25, -0.2) is 0 Å². The second-order valence-electron chi connectivity index (χ2n) is 3.86. The van der Waals surface area contributed by atoms with E-state index in [1.807, 2.05) is 24.3 Å². The van der Waals surface area contributed by atoms with Crippen LogP contribution in [0.3, 0.4) is 0 Å². The van der Waals surface area contributed by atoms with Gasteiger partial charge in [-0.15, -0.1) is 0 Å². The standard InChI is InChI=1S/C12H14ClNO2/c1-9-12(15)14(6-7-16-9)8-10-4-2-3-5-11(10)13/h2-5,9H,6-8H2,1H3. The Morgan fingerprint density at radius 2 is 2.25 bits per heavy atom. The molecule has 0 N–H and O–H groups in total. The zero-order valence-corrected chi connectivity index (χ0v) is 9.91. The van der Waals surface area contributed by atoms with Gasteiger partial charge in [-0.3, -0.25) is 4.79 Å². The number of benzene rings is 1. The van der Waals surface area contributed by atoms with E-state index in [-0.39, 0.29) is 12.0 Å². The summed E-state index contributed by atoms with van der Waals surface area (Å²) in [5, 5.41) is 0.703. The minimum absolute atomic E-state index is 0.0335. The van der Waals surface area contributed by atoms with E-state index < -0.39 is 0 Å². The van der Waals surface area contributed by atoms with Crippen LogP contribution in [-0.2, 0) is 16.1 Å². The van der Waals surface area contributed by atoms with Gasteiger partial charge in [-0.05, 0) is 18.6 Å². The third kappa shape index (κ3) is 2.36. The normalized spacial score (nSPS) is 21.2. The van der Waals surface area contributed by atoms with Gasteiger partial charge < -0.3 is 9.64 Å². The molecule has 4 heteroatoms. The molecule has 0 bridgehead atoms. The molecule has 0 aromatic heterocycles. The van der Waals surface area contributed by atoms with Crippen molar-refractivity contribution in [2.24, 2.45) is 0 Å². The minimum Gasteiger partial charge on any atom is -0.367 e. The Bertz CT molecular complexity index is 394. The Hall–Kier alpha value is -1.06. The van der Waals surface area contributed by atoms with Gasteiger partial charge in [-0.2, -0.15) is 0 Å². The minimum atomic E-state index is -0.337. The monoisotopic (exact) mass is 239 g/mol. The first-order chi connectivity index (χ1) is 7.68. The Morgan fingerprint density at radius 1 is 1.50 bits per heavy atom. The van der Waals surface area contributed by atoms with E-state index in [2.05, 4.69) is 0 Å². The molecule has 2 rings (SSSR count). The summed E-state index contributed by atoms with van der Waals surface area (Å²) in [7, 11) is 0. The van der Waals surface area contributed by atoms with Crippen molar-refractivity contribution < 1.29 is 9.53 Å². The lowest BCUT2D eigenvalue weighted by Crippen LogP contribution is -2.45. The number of hydrogen-bond acceptors (Lipinski definition) is 2. The van der Waals surface area contributed by atoms with Crippen molar-refractivity contribution in [3.05, 3.63) is 34.9 Å². The molecule has 0 spiro atoms. The average Bonchev–Trinajstić information content (AvgIpc) is 2.28. The van der Waals surface area contributed by atoms with E-state index in [0.717, 1.165) is 5.56 Å². The summed E-state index contributed by atoms with van der Waals surface area (Å²) in [4.78, 5) is 13.6. The summed E-state index contributed by atoms with van der Waals surface area (Å²) in [5.74, 6) is 0.0335. The Kier molecular flexibility index (Phi) is 3.46. The lowest BCUT2D eigenvalue weighted by molar-refractivity contribution is -0.152. The largest absolute Gasteiger partial charge is 0.367 e. The van der Waals surface area contributed by atoms with Crippen LogP contribution in [0.1, 0.15) is 12.5 Å². The van der Waals surface area contributed by atoms with Crippen molar-refractivity contribution in [1.82, 2.24) is 4.90 Å². The smallest absolute Gasteiger partial charge is 0.251 e. The third-order valence-corrected chi connectivity index (χ3v) is 3.08. The zero-order chi connectivity index (χ0) is 11.5. The van der Waals surface area contributed by atoms with E-state index in [0.29, 0.717) is 24.7 Å². The van der Waals surface area contributed by atoms with Crippen molar-refractivity contribution in [3.8, 4) is 0 Å². The Labute approximate surface area is 100.0 Å². The number of halogens is 1. The lowest BCUT2D eigenvalue weighted by Gasteiger charge is -2.31. The number of carbonyl (C=O) groups excluding carboxylic acids is 1. The van der Waals surface area contributed by atoms with Gasteiger partial charge in [0.25, 0.3) is 5.91 Å². The Balaban J connectivity index is 2.10. The highest BCUT2D eigenvalue weighted by Gasteiger charge is 2.25. The SMILES string of the molecule is CC1OCCN(Cc2ccccc2Cl)C1=O. The van der Waals surface area contributed by atoms with E-state index in [9.17, 15) is 4.79 Å². The van der Waals surface area contributed by atoms with Crippen LogP contribution in [0.5, 0.6) is 0 Å². The number of nitrogens with zero attached hydrogens (tertiary/aromatic N) is 1. The molecule has 1 fully saturated rings. The molecular weight excluding hydrogens is 226 g/mol. The molecule has 86 valence electrons. The maximum atomic E-state index is 11.8. The highest BCUT2D eigenvalue weighted by molar-refractivity contribution is 6.31. The molecule has 1 aliphatic rings. The van der Waals surface area contributed by atoms with Gasteiger partial charge in [0.1, 0.15) is 6.10 Å². The topological polar surface area (TPSA) is 29.5 Å². The fourth-order valence-corrected chi connectivity index (χ4v) is 1.96. The van der Waals surface area contributed by atoms with E-state index in [1.54, 1.807) is 11.8 Å². The first-order valence-corrected chi connectivity index (χ1v) is 5.70. The fraction of sp³-hybridized carbons (Fsp3) is 0.417. The van der Waals surface area contributed by atoms with Gasteiger partial charge >= 0.3 is 0 Å². The summed E-state index contributed by atoms with van der Waals surface area (Å²) in [6, 6.07) is 7.59. The van der Waals surface area contributed by atoms with Crippen molar-refractivity contribution >= 4 is 17.5 Å². The third-order valence-electron chi connectivity index (χ3n) is 2.71. The number of morpholine rings is 1. The molecule has 0 aliphatic carbocycles. The summed E-state index contributed by atoms with van der Waals surface area (Å²) in [6.45, 7) is 3.57. The molecule has 3 nitrogen and oxygen atoms in total. The molecule has 1 aromatic rings. The molecule has 1 atom stereocenters. The van der Waals surface area contributed by atoms with Gasteiger partial charge in [0, 0.05) is 18.1 Å². The summed E-state index contributed by atoms with van der Waals surface area (Å²) >= 11 is 6.06. The second-order valence-corrected chi connectivity index (χ2v) is 4.27. The zero-order valence-electron chi connectivity index (χ0n) is 9.15. The fourth-order valence-electron chi connectivity index (χ4n) is 1.77. The number of amides is 1. The van der Waals surface area contributed by atoms with Crippen LogP contribution >= 0.6 is 11.6 Å². The van der Waals surface area contributed by atoms with E-state index in [4.69, 9.17) is 16.3 Å². The highest BCUT2D eigenvalue weighted by Crippen LogP contribution is 2.18. The van der Waals surface area contributed by atoms with Crippen LogP contribution in [-0.4, -0.2) is 30.1 Å². The van der Waals surface area contributed by atoms with Crippen LogP contribution in [0, 0.1) is 0 Å². The molecule has 0 radical (unpaired) electrons. The predicted octanol–water partition coefficient (Wildman–Crippen LogP) is 2.09. The predicted molar refractivity (Wildman–Crippen MR) is 62.3 cm³/mol. The van der Waals surface area contributed by atoms with Crippen LogP contribution < -0.4 is 0 Å². The summed E-state index contributed by atoms with van der Waals surface area (Å²) in [5.41, 5.74) is 0.978. The van der Waals surface area contributed by atoms with Crippen molar-refractivity contribution in [2.45, 2.75) is 19.6 Å². The first-order valence-electron chi connectivity index (χ1n) is 5.32. The van der Waals surface area contributed by atoms with E-state index >= 15 is 0 Å². The Morgan fingerprint density at radius 3 is 3.00 bits per heavy atom. The number of carbonyl (C=O) groups is 1. The molecular formula is C12H14ClNO2. The average molecular weight is 240 g/mol. The summed E-state index contributed by atoms with van der Waals surface area (Å²) in [6.07, 6.45) is -0.337. The van der Waals surface area contributed by atoms with Crippen molar-refractivity contribution in [3.63, 3.8) is 0 Å². The molecule has 1 aliphatic heterocycles. The van der Waals surface area contributed by atoms with Gasteiger partial charge in [0.2, 0.25) is 0 Å². The van der Waals surface area contributed by atoms with E-state index in [1.165, 1.54) is 0 Å². The molecule has 1 amide bonds. The van der Waals surface area contributed by atoms with Crippen LogP contribution in [0.15, 0.2) is 24.3 Å². The molecule has 0 saturated carbocycles. The lowest BCUT2D eigenvalue weighted by atomic mass is 10.2. The summed E-state index contributed by atoms with van der Waals surface area (Å²) < 4.78 is 5.26. The van der Waals surface area contributed by atoms with Gasteiger partial charge in [0.05, 0.1) is 6.61 Å². The molecule has 1 unspecified atom stereocenters. The van der Waals surface area contributed by atoms with Crippen LogP contribution in [0.4, 0.5) is 0 Å². The van der Waals surface area contributed by atoms with Gasteiger partial charge in [0.15, 0.2) is 0 Å². The number of rotatable bonds is 2. The second kappa shape index (κ2) is 4.85. The molecule has 1 saturated heterocycles. The molecule has 16 heavy (non-hydrogen) atoms. The first kappa shape index (κ1) is 11.4. The maximum Gasteiger partial charge on any atom is 0.251 e.